The van der Waals surface area contributed by atoms with Gasteiger partial charge in [0.05, 0.1) is 24.8 Å². The topological polar surface area (TPSA) is 59.0 Å². The normalized spacial score (nSPS) is 12.2. The van der Waals surface area contributed by atoms with Crippen molar-refractivity contribution >= 4 is 5.91 Å². The van der Waals surface area contributed by atoms with Crippen LogP contribution in [0.5, 0.6) is 5.75 Å². The van der Waals surface area contributed by atoms with Crippen molar-refractivity contribution in [2.24, 2.45) is 0 Å². The summed E-state index contributed by atoms with van der Waals surface area (Å²) in [5.41, 5.74) is 0.293. The summed E-state index contributed by atoms with van der Waals surface area (Å²) >= 11 is 0. The van der Waals surface area contributed by atoms with Crippen molar-refractivity contribution < 1.29 is 19.4 Å². The Kier molecular flexibility index (Phi) is 6.32. The highest BCUT2D eigenvalue weighted by Gasteiger charge is 2.23. The highest BCUT2D eigenvalue weighted by atomic mass is 16.5. The number of ether oxygens (including phenoxy) is 2. The zero-order chi connectivity index (χ0) is 14.3. The molecular formula is C14H21NO4. The van der Waals surface area contributed by atoms with Crippen LogP contribution < -0.4 is 0 Å². The molecule has 1 aromatic rings. The standard InChI is InChI=1S/C14H21NO4/c1-11(10-19-3)15(8-9-18-2)14(17)12-6-4-5-7-13(12)16/h4-7,11,16H,8-10H2,1-3H3. The first kappa shape index (κ1) is 15.5. The third-order valence-electron chi connectivity index (χ3n) is 2.87. The maximum atomic E-state index is 12.4. The van der Waals surface area contributed by atoms with E-state index in [-0.39, 0.29) is 17.7 Å². The molecule has 1 aromatic carbocycles. The number of amides is 1. The van der Waals surface area contributed by atoms with Gasteiger partial charge in [-0.1, -0.05) is 12.1 Å². The summed E-state index contributed by atoms with van der Waals surface area (Å²) in [6.07, 6.45) is 0. The summed E-state index contributed by atoms with van der Waals surface area (Å²) < 4.78 is 10.1. The number of hydrogen-bond acceptors (Lipinski definition) is 4. The van der Waals surface area contributed by atoms with Gasteiger partial charge in [-0.2, -0.15) is 0 Å². The molecule has 0 aromatic heterocycles. The minimum absolute atomic E-state index is 0.0143. The maximum Gasteiger partial charge on any atom is 0.258 e. The van der Waals surface area contributed by atoms with E-state index in [2.05, 4.69) is 0 Å². The number of nitrogens with zero attached hydrogens (tertiary/aromatic N) is 1. The van der Waals surface area contributed by atoms with Gasteiger partial charge in [0, 0.05) is 20.8 Å². The summed E-state index contributed by atoms with van der Waals surface area (Å²) in [5.74, 6) is -0.237. The highest BCUT2D eigenvalue weighted by molar-refractivity contribution is 5.97. The number of carbonyl (C=O) groups excluding carboxylic acids is 1. The molecule has 0 bridgehead atoms. The molecule has 0 saturated heterocycles. The van der Waals surface area contributed by atoms with E-state index in [1.807, 2.05) is 6.92 Å². The summed E-state index contributed by atoms with van der Waals surface area (Å²) in [6, 6.07) is 6.43. The van der Waals surface area contributed by atoms with Crippen molar-refractivity contribution in [1.29, 1.82) is 0 Å². The molecule has 1 amide bonds. The highest BCUT2D eigenvalue weighted by Crippen LogP contribution is 2.19. The molecule has 1 unspecified atom stereocenters. The van der Waals surface area contributed by atoms with Gasteiger partial charge in [0.2, 0.25) is 0 Å². The average molecular weight is 267 g/mol. The fourth-order valence-electron chi connectivity index (χ4n) is 1.85. The molecule has 1 atom stereocenters. The lowest BCUT2D eigenvalue weighted by Gasteiger charge is -2.29. The molecule has 0 aliphatic rings. The van der Waals surface area contributed by atoms with Gasteiger partial charge < -0.3 is 19.5 Å². The number of carbonyl (C=O) groups is 1. The molecule has 5 heteroatoms. The van der Waals surface area contributed by atoms with Gasteiger partial charge in [0.1, 0.15) is 5.75 Å². The van der Waals surface area contributed by atoms with E-state index in [1.54, 1.807) is 37.3 Å². The molecule has 0 fully saturated rings. The summed E-state index contributed by atoms with van der Waals surface area (Å²) in [7, 11) is 3.18. The molecule has 106 valence electrons. The second-order valence-electron chi connectivity index (χ2n) is 4.31. The van der Waals surface area contributed by atoms with Crippen LogP contribution in [0.2, 0.25) is 0 Å². The summed E-state index contributed by atoms with van der Waals surface area (Å²) in [4.78, 5) is 14.1. The quantitative estimate of drug-likeness (QED) is 0.813. The minimum atomic E-state index is -0.222. The molecule has 0 aliphatic heterocycles. The first-order chi connectivity index (χ1) is 9.11. The lowest BCUT2D eigenvalue weighted by molar-refractivity contribution is 0.0477. The van der Waals surface area contributed by atoms with Crippen LogP contribution >= 0.6 is 0 Å². The van der Waals surface area contributed by atoms with Crippen LogP contribution in [0.3, 0.4) is 0 Å². The Bertz CT molecular complexity index is 408. The van der Waals surface area contributed by atoms with E-state index < -0.39 is 0 Å². The number of benzene rings is 1. The van der Waals surface area contributed by atoms with Crippen LogP contribution in [0.1, 0.15) is 17.3 Å². The van der Waals surface area contributed by atoms with E-state index in [4.69, 9.17) is 9.47 Å². The van der Waals surface area contributed by atoms with Gasteiger partial charge in [-0.3, -0.25) is 4.79 Å². The summed E-state index contributed by atoms with van der Waals surface area (Å²) in [5, 5.41) is 9.76. The van der Waals surface area contributed by atoms with Crippen molar-refractivity contribution in [3.8, 4) is 5.75 Å². The Morgan fingerprint density at radius 3 is 2.58 bits per heavy atom. The van der Waals surface area contributed by atoms with Crippen molar-refractivity contribution in [1.82, 2.24) is 4.90 Å². The molecule has 1 N–H and O–H groups in total. The number of aromatic hydroxyl groups is 1. The zero-order valence-corrected chi connectivity index (χ0v) is 11.6. The number of para-hydroxylation sites is 1. The number of hydrogen-bond donors (Lipinski definition) is 1. The SMILES string of the molecule is COCCN(C(=O)c1ccccc1O)C(C)COC. The second kappa shape index (κ2) is 7.76. The molecule has 0 aliphatic carbocycles. The van der Waals surface area contributed by atoms with Crippen LogP contribution in [-0.4, -0.2) is 55.9 Å². The molecule has 5 nitrogen and oxygen atoms in total. The van der Waals surface area contributed by atoms with Crippen molar-refractivity contribution in [2.75, 3.05) is 34.0 Å². The molecule has 0 spiro atoms. The van der Waals surface area contributed by atoms with Crippen LogP contribution in [-0.2, 0) is 9.47 Å². The molecule has 19 heavy (non-hydrogen) atoms. The lowest BCUT2D eigenvalue weighted by Crippen LogP contribution is -2.43. The molecule has 0 heterocycles. The zero-order valence-electron chi connectivity index (χ0n) is 11.6. The Hall–Kier alpha value is -1.59. The fraction of sp³-hybridized carbons (Fsp3) is 0.500. The Morgan fingerprint density at radius 2 is 2.00 bits per heavy atom. The van der Waals surface area contributed by atoms with Gasteiger partial charge >= 0.3 is 0 Å². The predicted molar refractivity (Wildman–Crippen MR) is 72.4 cm³/mol. The third kappa shape index (κ3) is 4.22. The number of phenols is 1. The Morgan fingerprint density at radius 1 is 1.32 bits per heavy atom. The van der Waals surface area contributed by atoms with Gasteiger partial charge in [-0.15, -0.1) is 0 Å². The van der Waals surface area contributed by atoms with Crippen LogP contribution in [0.15, 0.2) is 24.3 Å². The Labute approximate surface area is 113 Å². The van der Waals surface area contributed by atoms with Gasteiger partial charge in [0.15, 0.2) is 0 Å². The molecule has 0 saturated carbocycles. The largest absolute Gasteiger partial charge is 0.507 e. The van der Waals surface area contributed by atoms with Gasteiger partial charge in [0.25, 0.3) is 5.91 Å². The van der Waals surface area contributed by atoms with E-state index in [0.717, 1.165) is 0 Å². The Balaban J connectivity index is 2.90. The van der Waals surface area contributed by atoms with E-state index in [9.17, 15) is 9.90 Å². The number of rotatable bonds is 7. The van der Waals surface area contributed by atoms with Crippen molar-refractivity contribution in [2.45, 2.75) is 13.0 Å². The smallest absolute Gasteiger partial charge is 0.258 e. The first-order valence-electron chi connectivity index (χ1n) is 6.18. The van der Waals surface area contributed by atoms with E-state index >= 15 is 0 Å². The van der Waals surface area contributed by atoms with Crippen LogP contribution in [0.4, 0.5) is 0 Å². The third-order valence-corrected chi connectivity index (χ3v) is 2.87. The average Bonchev–Trinajstić information content (AvgIpc) is 2.39. The first-order valence-corrected chi connectivity index (χ1v) is 6.18. The number of phenolic OH excluding ortho intramolecular Hbond substituents is 1. The minimum Gasteiger partial charge on any atom is -0.507 e. The monoisotopic (exact) mass is 267 g/mol. The molecular weight excluding hydrogens is 246 g/mol. The number of methoxy groups -OCH3 is 2. The van der Waals surface area contributed by atoms with Gasteiger partial charge in [-0.05, 0) is 19.1 Å². The van der Waals surface area contributed by atoms with Crippen LogP contribution in [0.25, 0.3) is 0 Å². The van der Waals surface area contributed by atoms with E-state index in [0.29, 0.717) is 25.3 Å². The van der Waals surface area contributed by atoms with Crippen molar-refractivity contribution in [3.05, 3.63) is 29.8 Å². The molecule has 0 radical (unpaired) electrons. The fourth-order valence-corrected chi connectivity index (χ4v) is 1.85. The van der Waals surface area contributed by atoms with Crippen LogP contribution in [0, 0.1) is 0 Å². The van der Waals surface area contributed by atoms with Crippen molar-refractivity contribution in [3.63, 3.8) is 0 Å². The predicted octanol–water partition coefficient (Wildman–Crippen LogP) is 1.52. The second-order valence-corrected chi connectivity index (χ2v) is 4.31. The lowest BCUT2D eigenvalue weighted by atomic mass is 10.1. The van der Waals surface area contributed by atoms with Gasteiger partial charge in [-0.25, -0.2) is 0 Å². The van der Waals surface area contributed by atoms with E-state index in [1.165, 1.54) is 6.07 Å². The maximum absolute atomic E-state index is 12.4. The summed E-state index contributed by atoms with van der Waals surface area (Å²) in [6.45, 7) is 3.22. The molecule has 1 rings (SSSR count).